The highest BCUT2D eigenvalue weighted by atomic mass is 19.4. The van der Waals surface area contributed by atoms with Crippen molar-refractivity contribution in [2.24, 2.45) is 0 Å². The Balaban J connectivity index is 2.06. The van der Waals surface area contributed by atoms with Gasteiger partial charge in [0.05, 0.1) is 0 Å². The molecule has 1 nitrogen and oxygen atoms in total. The molecule has 0 atom stereocenters. The van der Waals surface area contributed by atoms with Crippen LogP contribution in [0.4, 0.5) is 13.2 Å². The van der Waals surface area contributed by atoms with Gasteiger partial charge in [0.2, 0.25) is 0 Å². The molecule has 1 aromatic carbocycles. The zero-order valence-electron chi connectivity index (χ0n) is 11.8. The molecule has 0 unspecified atom stereocenters. The zero-order valence-corrected chi connectivity index (χ0v) is 11.8. The van der Waals surface area contributed by atoms with Crippen LogP contribution in [0.25, 0.3) is 0 Å². The van der Waals surface area contributed by atoms with E-state index in [1.54, 1.807) is 0 Å². The van der Waals surface area contributed by atoms with Crippen molar-refractivity contribution >= 4 is 0 Å². The minimum atomic E-state index is -4.16. The molecule has 1 aliphatic rings. The molecule has 0 spiro atoms. The van der Waals surface area contributed by atoms with E-state index < -0.39 is 11.7 Å². The van der Waals surface area contributed by atoms with Gasteiger partial charge in [-0.1, -0.05) is 37.3 Å². The molecule has 0 bridgehead atoms. The summed E-state index contributed by atoms with van der Waals surface area (Å²) in [6, 6.07) is 9.89. The number of halogens is 3. The van der Waals surface area contributed by atoms with E-state index in [2.05, 4.69) is 5.32 Å². The maximum absolute atomic E-state index is 13.4. The van der Waals surface area contributed by atoms with Crippen molar-refractivity contribution < 1.29 is 13.2 Å². The summed E-state index contributed by atoms with van der Waals surface area (Å²) >= 11 is 0. The molecule has 0 amide bonds. The van der Waals surface area contributed by atoms with Crippen LogP contribution >= 0.6 is 0 Å². The van der Waals surface area contributed by atoms with E-state index in [1.165, 1.54) is 5.56 Å². The van der Waals surface area contributed by atoms with Crippen LogP contribution in [0.3, 0.4) is 0 Å². The summed E-state index contributed by atoms with van der Waals surface area (Å²) in [5, 5.41) is 2.77. The van der Waals surface area contributed by atoms with Crippen molar-refractivity contribution in [2.45, 2.75) is 56.7 Å². The first-order chi connectivity index (χ1) is 9.48. The van der Waals surface area contributed by atoms with Crippen LogP contribution in [0.2, 0.25) is 0 Å². The first-order valence-corrected chi connectivity index (χ1v) is 7.35. The third-order valence-corrected chi connectivity index (χ3v) is 4.37. The molecular weight excluding hydrogens is 263 g/mol. The lowest BCUT2D eigenvalue weighted by atomic mass is 9.73. The molecule has 1 aliphatic carbocycles. The fraction of sp³-hybridized carbons (Fsp3) is 0.625. The number of hydrogen-bond donors (Lipinski definition) is 1. The third-order valence-electron chi connectivity index (χ3n) is 4.37. The van der Waals surface area contributed by atoms with E-state index in [0.29, 0.717) is 19.4 Å². The smallest absolute Gasteiger partial charge is 0.304 e. The molecule has 1 N–H and O–H groups in total. The molecule has 1 fully saturated rings. The molecule has 0 saturated heterocycles. The summed E-state index contributed by atoms with van der Waals surface area (Å²) in [5.41, 5.74) is -0.507. The van der Waals surface area contributed by atoms with Crippen LogP contribution in [-0.4, -0.2) is 18.3 Å². The quantitative estimate of drug-likeness (QED) is 0.849. The van der Waals surface area contributed by atoms with Gasteiger partial charge in [-0.15, -0.1) is 0 Å². The second kappa shape index (κ2) is 6.17. The van der Waals surface area contributed by atoms with E-state index in [0.717, 1.165) is 6.42 Å². The normalized spacial score (nSPS) is 27.5. The molecule has 1 aromatic rings. The Hall–Kier alpha value is -1.03. The highest BCUT2D eigenvalue weighted by Gasteiger charge is 2.55. The lowest BCUT2D eigenvalue weighted by molar-refractivity contribution is -0.206. The average Bonchev–Trinajstić information content (AvgIpc) is 2.45. The topological polar surface area (TPSA) is 12.0 Å². The van der Waals surface area contributed by atoms with Gasteiger partial charge in [0.1, 0.15) is 5.54 Å². The van der Waals surface area contributed by atoms with Gasteiger partial charge in [0.15, 0.2) is 0 Å². The Morgan fingerprint density at radius 2 is 1.75 bits per heavy atom. The van der Waals surface area contributed by atoms with Crippen LogP contribution in [-0.2, 0) is 0 Å². The van der Waals surface area contributed by atoms with Gasteiger partial charge < -0.3 is 5.32 Å². The fourth-order valence-corrected chi connectivity index (χ4v) is 3.09. The Bertz CT molecular complexity index is 405. The standard InChI is InChI=1S/C16H22F3N/c1-2-12-20-15(16(17,18)19)10-8-14(9-11-15)13-6-4-3-5-7-13/h3-7,14,20H,2,8-12H2,1H3. The second-order valence-corrected chi connectivity index (χ2v) is 5.69. The Morgan fingerprint density at radius 3 is 2.25 bits per heavy atom. The predicted octanol–water partition coefficient (Wildman–Crippen LogP) is 4.64. The maximum atomic E-state index is 13.4. The zero-order chi connectivity index (χ0) is 14.6. The molecule has 4 heteroatoms. The van der Waals surface area contributed by atoms with E-state index >= 15 is 0 Å². The minimum Gasteiger partial charge on any atom is -0.304 e. The Kier molecular flexibility index (Phi) is 4.74. The summed E-state index contributed by atoms with van der Waals surface area (Å²) in [6.45, 7) is 2.32. The van der Waals surface area contributed by atoms with Crippen molar-refractivity contribution in [3.63, 3.8) is 0 Å². The first kappa shape index (κ1) is 15.4. The van der Waals surface area contributed by atoms with Crippen molar-refractivity contribution in [3.8, 4) is 0 Å². The van der Waals surface area contributed by atoms with Crippen molar-refractivity contribution in [1.29, 1.82) is 0 Å². The van der Waals surface area contributed by atoms with Crippen LogP contribution < -0.4 is 5.32 Å². The number of benzene rings is 1. The SMILES string of the molecule is CCCNC1(C(F)(F)F)CCC(c2ccccc2)CC1. The highest BCUT2D eigenvalue weighted by molar-refractivity contribution is 5.21. The van der Waals surface area contributed by atoms with Gasteiger partial charge >= 0.3 is 6.18 Å². The van der Waals surface area contributed by atoms with Gasteiger partial charge in [-0.3, -0.25) is 0 Å². The van der Waals surface area contributed by atoms with Crippen LogP contribution in [0.5, 0.6) is 0 Å². The van der Waals surface area contributed by atoms with E-state index in [9.17, 15) is 13.2 Å². The molecule has 0 aromatic heterocycles. The molecule has 2 rings (SSSR count). The van der Waals surface area contributed by atoms with Crippen molar-refractivity contribution in [2.75, 3.05) is 6.54 Å². The number of hydrogen-bond acceptors (Lipinski definition) is 1. The molecule has 0 heterocycles. The number of rotatable bonds is 4. The summed E-state index contributed by atoms with van der Waals surface area (Å²) < 4.78 is 40.2. The molecule has 1 saturated carbocycles. The van der Waals surface area contributed by atoms with E-state index in [-0.39, 0.29) is 18.8 Å². The average molecular weight is 285 g/mol. The largest absolute Gasteiger partial charge is 0.406 e. The Labute approximate surface area is 118 Å². The molecular formula is C16H22F3N. The van der Waals surface area contributed by atoms with E-state index in [4.69, 9.17) is 0 Å². The molecule has 0 radical (unpaired) electrons. The van der Waals surface area contributed by atoms with E-state index in [1.807, 2.05) is 37.3 Å². The monoisotopic (exact) mass is 285 g/mol. The summed E-state index contributed by atoms with van der Waals surface area (Å²) in [4.78, 5) is 0. The van der Waals surface area contributed by atoms with Crippen LogP contribution in [0.1, 0.15) is 50.5 Å². The van der Waals surface area contributed by atoms with Crippen molar-refractivity contribution in [1.82, 2.24) is 5.32 Å². The van der Waals surface area contributed by atoms with Gasteiger partial charge in [-0.25, -0.2) is 0 Å². The van der Waals surface area contributed by atoms with Crippen LogP contribution in [0, 0.1) is 0 Å². The lowest BCUT2D eigenvalue weighted by Gasteiger charge is -2.42. The molecule has 112 valence electrons. The third kappa shape index (κ3) is 3.17. The van der Waals surface area contributed by atoms with Gasteiger partial charge in [-0.2, -0.15) is 13.2 Å². The Morgan fingerprint density at radius 1 is 1.15 bits per heavy atom. The van der Waals surface area contributed by atoms with Gasteiger partial charge in [-0.05, 0) is 50.1 Å². The summed E-state index contributed by atoms with van der Waals surface area (Å²) in [5.74, 6) is 0.259. The highest BCUT2D eigenvalue weighted by Crippen LogP contribution is 2.45. The fourth-order valence-electron chi connectivity index (χ4n) is 3.09. The second-order valence-electron chi connectivity index (χ2n) is 5.69. The van der Waals surface area contributed by atoms with Crippen LogP contribution in [0.15, 0.2) is 30.3 Å². The maximum Gasteiger partial charge on any atom is 0.406 e. The summed E-state index contributed by atoms with van der Waals surface area (Å²) in [6.07, 6.45) is -1.89. The number of nitrogens with one attached hydrogen (secondary N) is 1. The molecule has 20 heavy (non-hydrogen) atoms. The van der Waals surface area contributed by atoms with Gasteiger partial charge in [0, 0.05) is 0 Å². The minimum absolute atomic E-state index is 0.177. The van der Waals surface area contributed by atoms with Gasteiger partial charge in [0.25, 0.3) is 0 Å². The molecule has 0 aliphatic heterocycles. The van der Waals surface area contributed by atoms with Crippen molar-refractivity contribution in [3.05, 3.63) is 35.9 Å². The lowest BCUT2D eigenvalue weighted by Crippen LogP contribution is -2.58. The number of alkyl halides is 3. The summed E-state index contributed by atoms with van der Waals surface area (Å²) in [7, 11) is 0. The first-order valence-electron chi connectivity index (χ1n) is 7.35. The predicted molar refractivity (Wildman–Crippen MR) is 74.7 cm³/mol.